The van der Waals surface area contributed by atoms with Crippen molar-refractivity contribution in [3.8, 4) is 0 Å². The van der Waals surface area contributed by atoms with E-state index in [1.807, 2.05) is 0 Å². The summed E-state index contributed by atoms with van der Waals surface area (Å²) < 4.78 is 67.7. The van der Waals surface area contributed by atoms with Crippen LogP contribution in [0, 0.1) is 0 Å². The van der Waals surface area contributed by atoms with E-state index in [0.717, 1.165) is 11.3 Å². The van der Waals surface area contributed by atoms with E-state index in [4.69, 9.17) is 0 Å². The summed E-state index contributed by atoms with van der Waals surface area (Å²) in [7, 11) is -3.81. The Balaban J connectivity index is 1.66. The molecule has 2 fully saturated rings. The number of anilines is 1. The van der Waals surface area contributed by atoms with Gasteiger partial charge in [-0.25, -0.2) is 13.2 Å². The number of benzene rings is 1. The van der Waals surface area contributed by atoms with Crippen LogP contribution in [0.5, 0.6) is 0 Å². The third kappa shape index (κ3) is 4.82. The van der Waals surface area contributed by atoms with E-state index in [-0.39, 0.29) is 36.0 Å². The molecule has 2 saturated heterocycles. The molecule has 2 atom stereocenters. The van der Waals surface area contributed by atoms with Gasteiger partial charge in [0.2, 0.25) is 0 Å². The molecule has 0 saturated carbocycles. The molecular weight excluding hydrogens is 533 g/mol. The number of nitrogens with zero attached hydrogens (tertiary/aromatic N) is 3. The van der Waals surface area contributed by atoms with E-state index in [1.54, 1.807) is 30.2 Å². The van der Waals surface area contributed by atoms with Gasteiger partial charge in [0, 0.05) is 31.9 Å². The lowest BCUT2D eigenvalue weighted by atomic mass is 9.95. The minimum atomic E-state index is -4.87. The number of amides is 3. The Hall–Kier alpha value is -2.68. The zero-order valence-corrected chi connectivity index (χ0v) is 22.0. The van der Waals surface area contributed by atoms with Gasteiger partial charge in [0.25, 0.3) is 15.9 Å². The maximum atomic E-state index is 13.3. The number of carbonyl (C=O) groups excluding carboxylic acids is 2. The molecule has 1 aromatic carbocycles. The predicted octanol–water partition coefficient (Wildman–Crippen LogP) is 2.73. The second-order valence-electron chi connectivity index (χ2n) is 9.69. The molecule has 2 unspecified atom stereocenters. The molecule has 2 N–H and O–H groups in total. The third-order valence-electron chi connectivity index (χ3n) is 6.94. The highest BCUT2D eigenvalue weighted by atomic mass is 32.2. The first-order chi connectivity index (χ1) is 17.1. The minimum Gasteiger partial charge on any atom is -0.376 e. The van der Waals surface area contributed by atoms with Gasteiger partial charge in [-0.05, 0) is 49.9 Å². The zero-order valence-electron chi connectivity index (χ0n) is 20.3. The number of nitrogens with one attached hydrogen (secondary N) is 1. The van der Waals surface area contributed by atoms with Gasteiger partial charge in [-0.3, -0.25) is 10.1 Å². The smallest absolute Gasteiger partial charge is 0.376 e. The number of imide groups is 1. The number of sulfonamides is 1. The van der Waals surface area contributed by atoms with Crippen molar-refractivity contribution in [3.05, 3.63) is 47.3 Å². The molecule has 0 aliphatic carbocycles. The number of thiophene rings is 1. The first-order valence-electron chi connectivity index (χ1n) is 11.4. The van der Waals surface area contributed by atoms with Crippen molar-refractivity contribution in [2.75, 3.05) is 31.1 Å². The molecule has 3 amide bonds. The van der Waals surface area contributed by atoms with Gasteiger partial charge in [-0.15, -0.1) is 11.3 Å². The summed E-state index contributed by atoms with van der Waals surface area (Å²) in [5.74, 6) is -0.485. The molecule has 1 aromatic heterocycles. The van der Waals surface area contributed by atoms with Crippen LogP contribution >= 0.6 is 11.3 Å². The fraction of sp³-hybridized carbons (Fsp3) is 0.478. The van der Waals surface area contributed by atoms with Crippen LogP contribution in [0.4, 0.5) is 23.7 Å². The van der Waals surface area contributed by atoms with Crippen molar-refractivity contribution in [2.45, 2.75) is 48.3 Å². The van der Waals surface area contributed by atoms with Crippen molar-refractivity contribution in [1.82, 2.24) is 14.5 Å². The van der Waals surface area contributed by atoms with Crippen LogP contribution in [0.15, 0.2) is 46.0 Å². The van der Waals surface area contributed by atoms with Crippen LogP contribution in [-0.4, -0.2) is 78.6 Å². The van der Waals surface area contributed by atoms with Crippen LogP contribution in [0.25, 0.3) is 0 Å². The number of hydrogen-bond acceptors (Lipinski definition) is 7. The number of hydrogen-bond donors (Lipinski definition) is 2. The van der Waals surface area contributed by atoms with Crippen LogP contribution in [0.1, 0.15) is 26.3 Å². The predicted molar refractivity (Wildman–Crippen MR) is 131 cm³/mol. The van der Waals surface area contributed by atoms with E-state index in [1.165, 1.54) is 39.5 Å². The Morgan fingerprint density at radius 2 is 1.78 bits per heavy atom. The Kier molecular flexibility index (Phi) is 6.84. The van der Waals surface area contributed by atoms with Crippen LogP contribution in [-0.2, 0) is 20.4 Å². The molecular formula is C23H27F3N4O5S2. The quantitative estimate of drug-likeness (QED) is 0.526. The monoisotopic (exact) mass is 560 g/mol. The fourth-order valence-corrected chi connectivity index (χ4v) is 7.05. The van der Waals surface area contributed by atoms with Gasteiger partial charge in [0.15, 0.2) is 5.60 Å². The van der Waals surface area contributed by atoms with Crippen molar-refractivity contribution >= 4 is 39.0 Å². The Labute approximate surface area is 216 Å². The number of piperazine rings is 1. The van der Waals surface area contributed by atoms with Crippen molar-refractivity contribution in [1.29, 1.82) is 0 Å². The van der Waals surface area contributed by atoms with Gasteiger partial charge >= 0.3 is 12.2 Å². The molecule has 4 rings (SSSR count). The summed E-state index contributed by atoms with van der Waals surface area (Å²) in [6.07, 6.45) is -4.87. The highest BCUT2D eigenvalue weighted by Gasteiger charge is 2.51. The summed E-state index contributed by atoms with van der Waals surface area (Å²) in [6, 6.07) is 7.10. The van der Waals surface area contributed by atoms with Crippen molar-refractivity contribution in [2.24, 2.45) is 0 Å². The van der Waals surface area contributed by atoms with Crippen molar-refractivity contribution in [3.63, 3.8) is 0 Å². The molecule has 9 nitrogen and oxygen atoms in total. The van der Waals surface area contributed by atoms with Gasteiger partial charge in [0.1, 0.15) is 9.75 Å². The highest BCUT2D eigenvalue weighted by molar-refractivity contribution is 7.91. The largest absolute Gasteiger partial charge is 0.421 e. The zero-order chi connectivity index (χ0) is 27.4. The van der Waals surface area contributed by atoms with E-state index in [0.29, 0.717) is 12.6 Å². The summed E-state index contributed by atoms with van der Waals surface area (Å²) in [5, 5.41) is 13.9. The summed E-state index contributed by atoms with van der Waals surface area (Å²) in [6.45, 7) is 4.09. The standard InChI is InChI=1S/C23H27F3N4O5S2/c1-21(2)19(31)27-20(32)30(21)14-17-13-28(37(34,35)18-5-4-12-36-18)10-11-29(17)16-8-6-15(7-9-16)22(3,33)23(24,25)26/h4-9,12,17,33H,10-11,13-14H2,1-3H3,(H,27,31,32). The number of alkyl halides is 3. The average Bonchev–Trinajstić information content (AvgIpc) is 3.43. The molecule has 0 radical (unpaired) electrons. The lowest BCUT2D eigenvalue weighted by molar-refractivity contribution is -0.258. The summed E-state index contributed by atoms with van der Waals surface area (Å²) in [5.41, 5.74) is -4.07. The van der Waals surface area contributed by atoms with Crippen molar-refractivity contribution < 1.29 is 36.3 Å². The molecule has 0 bridgehead atoms. The van der Waals surface area contributed by atoms with Gasteiger partial charge in [0.05, 0.1) is 6.04 Å². The fourth-order valence-electron chi connectivity index (χ4n) is 4.44. The second kappa shape index (κ2) is 9.26. The Morgan fingerprint density at radius 3 is 2.30 bits per heavy atom. The third-order valence-corrected chi connectivity index (χ3v) is 10.2. The molecule has 2 aromatic rings. The first-order valence-corrected chi connectivity index (χ1v) is 13.7. The Morgan fingerprint density at radius 1 is 1.14 bits per heavy atom. The summed E-state index contributed by atoms with van der Waals surface area (Å²) in [4.78, 5) is 28.0. The molecule has 14 heteroatoms. The summed E-state index contributed by atoms with van der Waals surface area (Å²) >= 11 is 1.08. The number of rotatable bonds is 6. The SMILES string of the molecule is CC1(C)C(=O)NC(=O)N1CC1CN(S(=O)(=O)c2cccs2)CCN1c1ccc(C(C)(O)C(F)(F)F)cc1. The minimum absolute atomic E-state index is 0.0109. The normalized spacial score (nSPS) is 22.7. The van der Waals surface area contributed by atoms with Gasteiger partial charge in [-0.2, -0.15) is 17.5 Å². The number of halogens is 3. The highest BCUT2D eigenvalue weighted by Crippen LogP contribution is 2.39. The maximum absolute atomic E-state index is 13.3. The number of aliphatic hydroxyl groups is 1. The molecule has 37 heavy (non-hydrogen) atoms. The molecule has 2 aliphatic heterocycles. The van der Waals surface area contributed by atoms with Gasteiger partial charge in [-0.1, -0.05) is 18.2 Å². The number of urea groups is 1. The number of carbonyl (C=O) groups is 2. The average molecular weight is 561 g/mol. The second-order valence-corrected chi connectivity index (χ2v) is 12.8. The lowest BCUT2D eigenvalue weighted by Gasteiger charge is -2.44. The van der Waals surface area contributed by atoms with E-state index >= 15 is 0 Å². The molecule has 0 spiro atoms. The topological polar surface area (TPSA) is 110 Å². The molecule has 2 aliphatic rings. The van der Waals surface area contributed by atoms with Crippen LogP contribution < -0.4 is 10.2 Å². The van der Waals surface area contributed by atoms with E-state index in [2.05, 4.69) is 5.32 Å². The molecule has 202 valence electrons. The Bertz CT molecular complexity index is 1280. The first kappa shape index (κ1) is 27.4. The molecule has 3 heterocycles. The maximum Gasteiger partial charge on any atom is 0.421 e. The van der Waals surface area contributed by atoms with Crippen LogP contribution in [0.2, 0.25) is 0 Å². The van der Waals surface area contributed by atoms with Gasteiger partial charge < -0.3 is 14.9 Å². The van der Waals surface area contributed by atoms with E-state index < -0.39 is 45.3 Å². The van der Waals surface area contributed by atoms with Crippen LogP contribution in [0.3, 0.4) is 0 Å². The van der Waals surface area contributed by atoms with E-state index in [9.17, 15) is 36.3 Å². The lowest BCUT2D eigenvalue weighted by Crippen LogP contribution is -2.60.